The van der Waals surface area contributed by atoms with Gasteiger partial charge in [0.2, 0.25) is 23.6 Å². The maximum atomic E-state index is 14.3. The van der Waals surface area contributed by atoms with Gasteiger partial charge < -0.3 is 81.8 Å². The van der Waals surface area contributed by atoms with Crippen LogP contribution in [0.3, 0.4) is 0 Å². The third-order valence-electron chi connectivity index (χ3n) is 17.5. The van der Waals surface area contributed by atoms with Gasteiger partial charge in [-0.2, -0.15) is 0 Å². The van der Waals surface area contributed by atoms with E-state index in [9.17, 15) is 43.8 Å². The molecule has 0 bridgehead atoms. The molecule has 105 heavy (non-hydrogen) atoms. The molecule has 0 heterocycles. The summed E-state index contributed by atoms with van der Waals surface area (Å²) in [6.07, 6.45) is 24.7. The molecule has 4 aliphatic rings. The molecular weight excluding hydrogens is 1340 g/mol. The second-order valence-corrected chi connectivity index (χ2v) is 24.6. The molecule has 0 unspecified atom stereocenters. The lowest BCUT2D eigenvalue weighted by Crippen LogP contribution is -2.22. The molecule has 4 saturated carbocycles. The quantitative estimate of drug-likeness (QED) is 0.00676. The summed E-state index contributed by atoms with van der Waals surface area (Å²) in [5.74, 6) is -8.53. The Bertz CT molecular complexity index is 4160. The fourth-order valence-electron chi connectivity index (χ4n) is 11.8. The highest BCUT2D eigenvalue weighted by molar-refractivity contribution is 6.31. The third kappa shape index (κ3) is 20.2. The predicted molar refractivity (Wildman–Crippen MR) is 403 cm³/mol. The van der Waals surface area contributed by atoms with Crippen molar-refractivity contribution in [1.29, 1.82) is 5.41 Å². The number of rotatable bonds is 39. The van der Waals surface area contributed by atoms with Crippen molar-refractivity contribution in [1.82, 2.24) is 0 Å². The molecule has 4 fully saturated rings. The Labute approximate surface area is 610 Å². The van der Waals surface area contributed by atoms with Crippen molar-refractivity contribution in [2.45, 2.75) is 38.5 Å². The molecule has 11 N–H and O–H groups in total. The van der Waals surface area contributed by atoms with Crippen molar-refractivity contribution >= 4 is 92.7 Å². The van der Waals surface area contributed by atoms with Crippen molar-refractivity contribution in [3.8, 4) is 23.0 Å². The number of nitrogens with two attached hydrogens (primary N) is 3. The first kappa shape index (κ1) is 78.3. The number of nitrogens with one attached hydrogen (secondary N) is 5. The number of methoxy groups -OCH3 is 4. The lowest BCUT2D eigenvalue weighted by molar-refractivity contribution is -0.145. The molecule has 0 radical (unpaired) electrons. The van der Waals surface area contributed by atoms with Gasteiger partial charge in [-0.25, -0.2) is 0 Å². The van der Waals surface area contributed by atoms with E-state index in [1.165, 1.54) is 68.9 Å². The molecule has 8 atom stereocenters. The van der Waals surface area contributed by atoms with Crippen LogP contribution >= 0.6 is 0 Å². The standard InChI is InChI=1S/C81H88N8O16/c1-10-15-27-57(82)70(72-61(86-74(90)49-43-53(49)78(94)102-39-11-2)31-20-32-62(72)87-75(91)50-44-54(50)79(95)103-40-12-3)59(84)29-18-24-47(69-67(100-8)37-23-38-68(69)101-9)25-19-30-60(85)71(58(83)28-17-16-26-48-65(98-6)35-22-36-66(48)99-7)73-63(88-76(92)51-45-55(51)80(96)104-41-13-4)33-21-34-64(73)89-77(93)52-46-56(52)81(97)105-42-14-5/h10-15,17-25,27-38,49-56,84H,1-5,16,26,39-46,82-83,85H2,6-9H3,(H,86,90)(H,87,91)(H,88,92)(H,89,93)/b25-19+,27-15-,28-17-,29-18-,47-24-,60-30-,70-57+,71-58+,84-59?/t49-,50-,51-,52-,53-,54-,55-,56-/m1/s1. The number of ether oxygens (including phenoxy) is 8. The van der Waals surface area contributed by atoms with Crippen LogP contribution in [0.2, 0.25) is 0 Å². The van der Waals surface area contributed by atoms with Crippen LogP contribution in [-0.2, 0) is 63.7 Å². The summed E-state index contributed by atoms with van der Waals surface area (Å²) in [6, 6.07) is 20.1. The summed E-state index contributed by atoms with van der Waals surface area (Å²) in [6.45, 7) is 18.0. The third-order valence-corrected chi connectivity index (χ3v) is 17.5. The largest absolute Gasteiger partial charge is 0.496 e. The molecule has 0 spiro atoms. The average molecular weight is 1430 g/mol. The minimum Gasteiger partial charge on any atom is -0.496 e. The van der Waals surface area contributed by atoms with Gasteiger partial charge in [-0.3, -0.25) is 38.4 Å². The van der Waals surface area contributed by atoms with Crippen LogP contribution < -0.4 is 57.4 Å². The summed E-state index contributed by atoms with van der Waals surface area (Å²) in [4.78, 5) is 109. The van der Waals surface area contributed by atoms with E-state index in [0.717, 1.165) is 5.56 Å². The van der Waals surface area contributed by atoms with Crippen LogP contribution in [0.4, 0.5) is 22.7 Å². The van der Waals surface area contributed by atoms with E-state index >= 15 is 0 Å². The molecular formula is C81H88N8O16. The van der Waals surface area contributed by atoms with Crippen molar-refractivity contribution in [2.75, 3.05) is 76.1 Å². The number of anilines is 4. The van der Waals surface area contributed by atoms with Crippen LogP contribution in [0.25, 0.3) is 16.7 Å². The molecule has 24 nitrogen and oxygen atoms in total. The highest BCUT2D eigenvalue weighted by Crippen LogP contribution is 2.47. The van der Waals surface area contributed by atoms with Crippen molar-refractivity contribution < 1.29 is 76.3 Å². The second kappa shape index (κ2) is 37.4. The number of hydrogen-bond donors (Lipinski definition) is 8. The topological polar surface area (TPSA) is 360 Å². The van der Waals surface area contributed by atoms with Gasteiger partial charge in [-0.05, 0) is 117 Å². The minimum absolute atomic E-state index is 0.00332. The Morgan fingerprint density at radius 1 is 0.438 bits per heavy atom. The lowest BCUT2D eigenvalue weighted by atomic mass is 9.93. The van der Waals surface area contributed by atoms with Crippen LogP contribution in [0.5, 0.6) is 23.0 Å². The number of carbonyl (C=O) groups excluding carboxylic acids is 8. The van der Waals surface area contributed by atoms with Crippen LogP contribution in [0.15, 0.2) is 214 Å². The first-order valence-corrected chi connectivity index (χ1v) is 33.8. The number of esters is 4. The van der Waals surface area contributed by atoms with E-state index in [1.54, 1.807) is 99.2 Å². The molecule has 4 amide bonds. The highest BCUT2D eigenvalue weighted by Gasteiger charge is 2.52. The van der Waals surface area contributed by atoms with Crippen molar-refractivity contribution in [2.24, 2.45) is 64.5 Å². The van der Waals surface area contributed by atoms with Gasteiger partial charge >= 0.3 is 23.9 Å². The molecule has 4 aliphatic carbocycles. The maximum Gasteiger partial charge on any atom is 0.310 e. The molecule has 0 aliphatic heterocycles. The molecule has 24 heteroatoms. The second-order valence-electron chi connectivity index (χ2n) is 24.6. The van der Waals surface area contributed by atoms with E-state index < -0.39 is 94.8 Å². The maximum absolute atomic E-state index is 14.3. The molecule has 0 saturated heterocycles. The smallest absolute Gasteiger partial charge is 0.310 e. The summed E-state index contributed by atoms with van der Waals surface area (Å²) in [7, 11) is 6.07. The molecule has 4 aromatic carbocycles. The van der Waals surface area contributed by atoms with E-state index in [1.807, 2.05) is 24.3 Å². The fourth-order valence-corrected chi connectivity index (χ4v) is 11.8. The van der Waals surface area contributed by atoms with Crippen LogP contribution in [0, 0.1) is 52.8 Å². The number of benzene rings is 4. The van der Waals surface area contributed by atoms with Crippen molar-refractivity contribution in [3.05, 3.63) is 236 Å². The Morgan fingerprint density at radius 3 is 1.16 bits per heavy atom. The Kier molecular flexibility index (Phi) is 27.9. The summed E-state index contributed by atoms with van der Waals surface area (Å²) >= 11 is 0. The summed E-state index contributed by atoms with van der Waals surface area (Å²) in [5, 5.41) is 21.7. The summed E-state index contributed by atoms with van der Waals surface area (Å²) in [5.41, 5.74) is 23.8. The predicted octanol–water partition coefficient (Wildman–Crippen LogP) is 11.0. The normalized spacial score (nSPS) is 19.7. The van der Waals surface area contributed by atoms with Gasteiger partial charge in [-0.15, -0.1) is 0 Å². The van der Waals surface area contributed by atoms with E-state index in [0.29, 0.717) is 47.0 Å². The van der Waals surface area contributed by atoms with Gasteiger partial charge in [0.1, 0.15) is 49.4 Å². The Morgan fingerprint density at radius 2 is 0.790 bits per heavy atom. The minimum atomic E-state index is -0.779. The van der Waals surface area contributed by atoms with Crippen molar-refractivity contribution in [3.63, 3.8) is 0 Å². The zero-order chi connectivity index (χ0) is 75.9. The number of carbonyl (C=O) groups is 8. The number of hydrogen-bond acceptors (Lipinski definition) is 20. The fraction of sp³-hybridized carbons (Fsp3) is 0.272. The number of allylic oxidation sites excluding steroid dienone is 14. The SMILES string of the molecule is C=C/C=C\C(N)=C(\C(=N)\C=C/C=C(/C=C/C=C(N)/C(=C(N)/C=C\CCc1c(OC)cccc1OC)c1c(NC(=O)[C@@H]2C[C@H]2C(=O)OCC=C)cccc1NC(=O)[C@@H]1C[C@H]1C(=O)OCC=C)c1c(OC)cccc1OC)c1c(NC(=O)[C@@H]2C[C@H]2C(=O)OCC=C)cccc1NC(=O)[C@@H]1C[C@H]1C(=O)OCC=C. The van der Waals surface area contributed by atoms with Gasteiger partial charge in [0.15, 0.2) is 0 Å². The Balaban J connectivity index is 1.25. The highest BCUT2D eigenvalue weighted by atomic mass is 16.5. The molecule has 8 rings (SSSR count). The lowest BCUT2D eigenvalue weighted by Gasteiger charge is -2.21. The average Bonchev–Trinajstić information content (AvgIpc) is 1.62. The van der Waals surface area contributed by atoms with Gasteiger partial charge in [-0.1, -0.05) is 124 Å². The number of amides is 4. The van der Waals surface area contributed by atoms with E-state index in [2.05, 4.69) is 54.2 Å². The Hall–Kier alpha value is -12.5. The van der Waals surface area contributed by atoms with Gasteiger partial charge in [0.25, 0.3) is 0 Å². The van der Waals surface area contributed by atoms with E-state index in [-0.39, 0.29) is 120 Å². The van der Waals surface area contributed by atoms with Crippen LogP contribution in [0.1, 0.15) is 54.4 Å². The zero-order valence-electron chi connectivity index (χ0n) is 59.1. The monoisotopic (exact) mass is 1430 g/mol. The first-order chi connectivity index (χ1) is 50.7. The molecule has 4 aromatic rings. The van der Waals surface area contributed by atoms with Crippen LogP contribution in [-0.4, -0.2) is 108 Å². The van der Waals surface area contributed by atoms with E-state index in [4.69, 9.17) is 55.1 Å². The van der Waals surface area contributed by atoms with Gasteiger partial charge in [0, 0.05) is 44.9 Å². The molecule has 548 valence electrons. The zero-order valence-corrected chi connectivity index (χ0v) is 59.1. The molecule has 0 aromatic heterocycles. The summed E-state index contributed by atoms with van der Waals surface area (Å²) < 4.78 is 44.2. The van der Waals surface area contributed by atoms with Gasteiger partial charge in [0.05, 0.1) is 110 Å². The first-order valence-electron chi connectivity index (χ1n) is 33.8.